The van der Waals surface area contributed by atoms with Gasteiger partial charge in [-0.2, -0.15) is 0 Å². The van der Waals surface area contributed by atoms with Crippen molar-refractivity contribution in [3.05, 3.63) is 245 Å². The molecule has 0 aliphatic rings. The summed E-state index contributed by atoms with van der Waals surface area (Å²) in [6.07, 6.45) is 0. The summed E-state index contributed by atoms with van der Waals surface area (Å²) in [5, 5.41) is 9.33. The normalized spacial score (nSPS) is 12.7. The second-order valence-electron chi connectivity index (χ2n) is 23.1. The molecule has 0 bridgehead atoms. The fourth-order valence-electron chi connectivity index (χ4n) is 9.34. The molecule has 0 aliphatic carbocycles. The van der Waals surface area contributed by atoms with Gasteiger partial charge in [0.25, 0.3) is 17.7 Å². The molecule has 0 saturated carbocycles. The standard InChI is InChI=1S/C66H69Br3N6O6/c1-64(2,3)70-58(76)55(46-25-31-52(67)32-26-46)73(40-43-19-13-10-14-20-43)61(79)49-37-50(62(80)74(41-44-21-15-11-16-22-44)56(59(77)71-65(4,5)6)47-27-33-53(68)34-28-47)39-51(38-49)63(81)75(42-45-23-17-12-18-24-45)57(60(78)72-66(7,8)9)48-29-35-54(69)36-30-48/h10-39,55-57H,40-42H2,1-9H3,(H,70,76)(H,71,77)(H,72,78)/t55-,56-,57-/m0/s1. The van der Waals surface area contributed by atoms with E-state index in [2.05, 4.69) is 63.7 Å². The molecule has 81 heavy (non-hydrogen) atoms. The smallest absolute Gasteiger partial charge is 0.255 e. The number of nitrogens with zero attached hydrogens (tertiary/aromatic N) is 3. The van der Waals surface area contributed by atoms with Gasteiger partial charge < -0.3 is 30.7 Å². The first kappa shape index (κ1) is 61.4. The molecule has 0 aliphatic heterocycles. The van der Waals surface area contributed by atoms with Gasteiger partial charge >= 0.3 is 0 Å². The quantitative estimate of drug-likeness (QED) is 0.0779. The summed E-state index contributed by atoms with van der Waals surface area (Å²) in [6.45, 7) is 16.5. The summed E-state index contributed by atoms with van der Waals surface area (Å²) >= 11 is 10.6. The molecule has 0 aromatic heterocycles. The Labute approximate surface area is 501 Å². The largest absolute Gasteiger partial charge is 0.349 e. The Kier molecular flexibility index (Phi) is 20.2. The van der Waals surface area contributed by atoms with Crippen molar-refractivity contribution in [3.8, 4) is 0 Å². The highest BCUT2D eigenvalue weighted by Crippen LogP contribution is 2.34. The summed E-state index contributed by atoms with van der Waals surface area (Å²) in [6, 6.07) is 49.8. The van der Waals surface area contributed by atoms with Crippen LogP contribution in [0, 0.1) is 0 Å². The van der Waals surface area contributed by atoms with Crippen LogP contribution in [0.25, 0.3) is 0 Å². The molecule has 3 N–H and O–H groups in total. The van der Waals surface area contributed by atoms with Gasteiger partial charge in [0.15, 0.2) is 0 Å². The van der Waals surface area contributed by atoms with Gasteiger partial charge in [-0.05, 0) is 150 Å². The monoisotopic (exact) mass is 1280 g/mol. The number of carbonyl (C=O) groups excluding carboxylic acids is 6. The van der Waals surface area contributed by atoms with Gasteiger partial charge in [-0.15, -0.1) is 0 Å². The molecule has 6 amide bonds. The lowest BCUT2D eigenvalue weighted by Gasteiger charge is -2.35. The average Bonchev–Trinajstić information content (AvgIpc) is 3.46. The Hall–Kier alpha value is -7.20. The van der Waals surface area contributed by atoms with E-state index in [-0.39, 0.29) is 36.3 Å². The molecule has 0 unspecified atom stereocenters. The molecular formula is C66H69Br3N6O6. The number of hydrogen-bond acceptors (Lipinski definition) is 6. The summed E-state index contributed by atoms with van der Waals surface area (Å²) in [5.41, 5.74) is 1.11. The first-order chi connectivity index (χ1) is 38.2. The van der Waals surface area contributed by atoms with Crippen LogP contribution in [-0.2, 0) is 34.0 Å². The third-order valence-electron chi connectivity index (χ3n) is 12.8. The van der Waals surface area contributed by atoms with Crippen molar-refractivity contribution in [1.82, 2.24) is 30.7 Å². The zero-order chi connectivity index (χ0) is 58.8. The van der Waals surface area contributed by atoms with Crippen molar-refractivity contribution < 1.29 is 28.8 Å². The van der Waals surface area contributed by atoms with Gasteiger partial charge in [-0.1, -0.05) is 175 Å². The maximum absolute atomic E-state index is 16.2. The lowest BCUT2D eigenvalue weighted by Crippen LogP contribution is -2.49. The van der Waals surface area contributed by atoms with Crippen molar-refractivity contribution in [2.45, 2.75) is 117 Å². The molecule has 7 aromatic carbocycles. The average molecular weight is 1280 g/mol. The number of rotatable bonds is 18. The molecule has 0 radical (unpaired) electrons. The summed E-state index contributed by atoms with van der Waals surface area (Å²) in [4.78, 5) is 97.9. The Morgan fingerprint density at radius 1 is 0.346 bits per heavy atom. The molecule has 420 valence electrons. The zero-order valence-electron chi connectivity index (χ0n) is 47.1. The molecule has 0 heterocycles. The van der Waals surface area contributed by atoms with E-state index in [1.54, 1.807) is 72.8 Å². The molecule has 3 atom stereocenters. The minimum absolute atomic E-state index is 0.0725. The topological polar surface area (TPSA) is 148 Å². The molecule has 7 rings (SSSR count). The van der Waals surface area contributed by atoms with Crippen molar-refractivity contribution in [1.29, 1.82) is 0 Å². The minimum Gasteiger partial charge on any atom is -0.349 e. The fourth-order valence-corrected chi connectivity index (χ4v) is 10.1. The van der Waals surface area contributed by atoms with Crippen molar-refractivity contribution in [2.75, 3.05) is 0 Å². The van der Waals surface area contributed by atoms with Gasteiger partial charge in [-0.25, -0.2) is 0 Å². The van der Waals surface area contributed by atoms with Crippen molar-refractivity contribution >= 4 is 83.2 Å². The van der Waals surface area contributed by atoms with Crippen LogP contribution in [0.2, 0.25) is 0 Å². The number of carbonyl (C=O) groups is 6. The summed E-state index contributed by atoms with van der Waals surface area (Å²) in [7, 11) is 0. The van der Waals surface area contributed by atoms with Crippen molar-refractivity contribution in [3.63, 3.8) is 0 Å². The number of nitrogens with one attached hydrogen (secondary N) is 3. The van der Waals surface area contributed by atoms with Gasteiger partial charge in [0, 0.05) is 66.4 Å². The maximum Gasteiger partial charge on any atom is 0.255 e. The Bertz CT molecular complexity index is 2960. The minimum atomic E-state index is -1.24. The predicted octanol–water partition coefficient (Wildman–Crippen LogP) is 13.9. The zero-order valence-corrected chi connectivity index (χ0v) is 51.9. The number of halogens is 3. The predicted molar refractivity (Wildman–Crippen MR) is 330 cm³/mol. The van der Waals surface area contributed by atoms with Crippen LogP contribution >= 0.6 is 47.8 Å². The van der Waals surface area contributed by atoms with Crippen LogP contribution in [0.15, 0.2) is 195 Å². The maximum atomic E-state index is 16.2. The second-order valence-corrected chi connectivity index (χ2v) is 25.9. The second kappa shape index (κ2) is 26.6. The van der Waals surface area contributed by atoms with Gasteiger partial charge in [0.05, 0.1) is 0 Å². The van der Waals surface area contributed by atoms with Gasteiger partial charge in [0.2, 0.25) is 17.7 Å². The van der Waals surface area contributed by atoms with Crippen LogP contribution in [0.1, 0.15) is 145 Å². The van der Waals surface area contributed by atoms with Crippen LogP contribution < -0.4 is 16.0 Å². The molecule has 15 heteroatoms. The Morgan fingerprint density at radius 3 is 0.753 bits per heavy atom. The van der Waals surface area contributed by atoms with Crippen LogP contribution in [0.3, 0.4) is 0 Å². The van der Waals surface area contributed by atoms with Gasteiger partial charge in [-0.3, -0.25) is 28.8 Å². The molecule has 0 saturated heterocycles. The first-order valence-electron chi connectivity index (χ1n) is 26.7. The highest BCUT2D eigenvalue weighted by Gasteiger charge is 2.39. The summed E-state index contributed by atoms with van der Waals surface area (Å²) < 4.78 is 2.27. The highest BCUT2D eigenvalue weighted by molar-refractivity contribution is 9.11. The van der Waals surface area contributed by atoms with E-state index in [1.165, 1.54) is 32.9 Å². The van der Waals surface area contributed by atoms with Gasteiger partial charge in [0.1, 0.15) is 18.1 Å². The molecule has 0 fully saturated rings. The summed E-state index contributed by atoms with van der Waals surface area (Å²) in [5.74, 6) is -3.46. The first-order valence-corrected chi connectivity index (χ1v) is 29.0. The Morgan fingerprint density at radius 2 is 0.556 bits per heavy atom. The van der Waals surface area contributed by atoms with Crippen molar-refractivity contribution in [2.24, 2.45) is 0 Å². The number of benzene rings is 7. The highest BCUT2D eigenvalue weighted by atomic mass is 79.9. The van der Waals surface area contributed by atoms with Crippen LogP contribution in [-0.4, -0.2) is 66.8 Å². The number of hydrogen-bond donors (Lipinski definition) is 3. The van der Waals surface area contributed by atoms with E-state index in [1.807, 2.05) is 153 Å². The molecular weight excluding hydrogens is 1210 g/mol. The lowest BCUT2D eigenvalue weighted by molar-refractivity contribution is -0.128. The molecule has 7 aromatic rings. The molecule has 12 nitrogen and oxygen atoms in total. The third kappa shape index (κ3) is 17.2. The van der Waals surface area contributed by atoms with Crippen LogP contribution in [0.5, 0.6) is 0 Å². The Balaban J connectivity index is 1.53. The van der Waals surface area contributed by atoms with E-state index < -0.39 is 70.2 Å². The van der Waals surface area contributed by atoms with E-state index in [0.717, 1.165) is 13.4 Å². The number of amides is 6. The van der Waals surface area contributed by atoms with E-state index in [9.17, 15) is 14.4 Å². The third-order valence-corrected chi connectivity index (χ3v) is 14.4. The fraction of sp³-hybridized carbons (Fsp3) is 0.273. The molecule has 0 spiro atoms. The van der Waals surface area contributed by atoms with E-state index >= 15 is 14.4 Å². The van der Waals surface area contributed by atoms with E-state index in [0.29, 0.717) is 33.4 Å². The van der Waals surface area contributed by atoms with Crippen LogP contribution in [0.4, 0.5) is 0 Å². The SMILES string of the molecule is CC(C)(C)NC(=O)[C@H](c1ccc(Br)cc1)N(Cc1ccccc1)C(=O)c1cc(C(=O)N(Cc2ccccc2)[C@H](C(=O)NC(C)(C)C)c2ccc(Br)cc2)cc(C(=O)N(Cc2ccccc2)[C@H](C(=O)NC(C)(C)C)c2ccc(Br)cc2)c1. The lowest BCUT2D eigenvalue weighted by atomic mass is 9.96. The van der Waals surface area contributed by atoms with E-state index in [4.69, 9.17) is 0 Å².